The lowest BCUT2D eigenvalue weighted by atomic mass is 10.2. The smallest absolute Gasteiger partial charge is 0.210 e. The molecular formula is C15H15Cl2NO2S2. The third-order valence-electron chi connectivity index (χ3n) is 2.84. The molecule has 0 unspecified atom stereocenters. The van der Waals surface area contributed by atoms with Crippen LogP contribution < -0.4 is 4.72 Å². The monoisotopic (exact) mass is 375 g/mol. The maximum Gasteiger partial charge on any atom is 0.240 e. The second-order valence-electron chi connectivity index (χ2n) is 4.51. The van der Waals surface area contributed by atoms with Crippen LogP contribution in [-0.2, 0) is 15.8 Å². The summed E-state index contributed by atoms with van der Waals surface area (Å²) in [4.78, 5) is 0.282. The molecule has 22 heavy (non-hydrogen) atoms. The average molecular weight is 376 g/mol. The van der Waals surface area contributed by atoms with Crippen molar-refractivity contribution in [1.82, 2.24) is 4.72 Å². The van der Waals surface area contributed by atoms with Crippen molar-refractivity contribution >= 4 is 45.0 Å². The van der Waals surface area contributed by atoms with Crippen LogP contribution in [0.5, 0.6) is 0 Å². The van der Waals surface area contributed by atoms with E-state index < -0.39 is 10.0 Å². The molecule has 0 saturated heterocycles. The van der Waals surface area contributed by atoms with Gasteiger partial charge in [-0.1, -0.05) is 47.5 Å². The molecule has 0 radical (unpaired) electrons. The number of sulfonamides is 1. The van der Waals surface area contributed by atoms with Crippen molar-refractivity contribution in [3.63, 3.8) is 0 Å². The van der Waals surface area contributed by atoms with E-state index in [1.807, 2.05) is 12.1 Å². The van der Waals surface area contributed by atoms with Crippen LogP contribution >= 0.6 is 35.0 Å². The molecule has 0 spiro atoms. The standard InChI is InChI=1S/C15H15Cl2NO2S2/c16-14-7-6-12(10-15(14)17)11-21-9-8-18-22(19,20)13-4-2-1-3-5-13/h1-7,10,18H,8-9,11H2. The zero-order chi connectivity index (χ0) is 16.0. The normalized spacial score (nSPS) is 11.5. The molecule has 0 aromatic heterocycles. The van der Waals surface area contributed by atoms with Crippen molar-refractivity contribution in [3.05, 3.63) is 64.1 Å². The molecule has 7 heteroatoms. The molecule has 0 heterocycles. The van der Waals surface area contributed by atoms with Gasteiger partial charge in [0.1, 0.15) is 0 Å². The van der Waals surface area contributed by atoms with Crippen LogP contribution in [0.15, 0.2) is 53.4 Å². The first-order chi connectivity index (χ1) is 10.5. The van der Waals surface area contributed by atoms with E-state index >= 15 is 0 Å². The van der Waals surface area contributed by atoms with E-state index in [0.717, 1.165) is 11.3 Å². The van der Waals surface area contributed by atoms with Gasteiger partial charge in [-0.05, 0) is 29.8 Å². The summed E-state index contributed by atoms with van der Waals surface area (Å²) in [5.74, 6) is 1.43. The summed E-state index contributed by atoms with van der Waals surface area (Å²) >= 11 is 13.4. The zero-order valence-electron chi connectivity index (χ0n) is 11.6. The van der Waals surface area contributed by atoms with E-state index in [9.17, 15) is 8.42 Å². The van der Waals surface area contributed by atoms with Crippen LogP contribution in [0.3, 0.4) is 0 Å². The Kier molecular flexibility index (Phi) is 6.59. The Bertz CT molecular complexity index is 722. The van der Waals surface area contributed by atoms with E-state index in [2.05, 4.69) is 4.72 Å². The van der Waals surface area contributed by atoms with Gasteiger partial charge in [-0.15, -0.1) is 0 Å². The van der Waals surface area contributed by atoms with Crippen LogP contribution in [0, 0.1) is 0 Å². The first-order valence-electron chi connectivity index (χ1n) is 6.55. The molecule has 118 valence electrons. The molecule has 3 nitrogen and oxygen atoms in total. The van der Waals surface area contributed by atoms with Crippen LogP contribution in [0.1, 0.15) is 5.56 Å². The van der Waals surface area contributed by atoms with Gasteiger partial charge in [0.2, 0.25) is 10.0 Å². The highest BCUT2D eigenvalue weighted by Gasteiger charge is 2.11. The Morgan fingerprint density at radius 3 is 2.41 bits per heavy atom. The van der Waals surface area contributed by atoms with Gasteiger partial charge in [0.15, 0.2) is 0 Å². The predicted octanol–water partition coefficient (Wildman–Crippen LogP) is 4.21. The minimum atomic E-state index is -3.42. The number of thioether (sulfide) groups is 1. The second-order valence-corrected chi connectivity index (χ2v) is 8.20. The minimum Gasteiger partial charge on any atom is -0.210 e. The van der Waals surface area contributed by atoms with Crippen LogP contribution in [-0.4, -0.2) is 20.7 Å². The first-order valence-corrected chi connectivity index (χ1v) is 9.95. The topological polar surface area (TPSA) is 46.2 Å². The Labute approximate surface area is 145 Å². The Morgan fingerprint density at radius 1 is 1.00 bits per heavy atom. The molecule has 0 atom stereocenters. The fourth-order valence-electron chi connectivity index (χ4n) is 1.75. The third kappa shape index (κ3) is 5.18. The number of rotatable bonds is 7. The van der Waals surface area contributed by atoms with Gasteiger partial charge in [-0.3, -0.25) is 0 Å². The lowest BCUT2D eigenvalue weighted by Crippen LogP contribution is -2.26. The van der Waals surface area contributed by atoms with E-state index in [-0.39, 0.29) is 4.90 Å². The highest BCUT2D eigenvalue weighted by molar-refractivity contribution is 7.98. The number of nitrogens with one attached hydrogen (secondary N) is 1. The summed E-state index contributed by atoms with van der Waals surface area (Å²) in [6.07, 6.45) is 0. The van der Waals surface area contributed by atoms with E-state index in [1.165, 1.54) is 0 Å². The number of hydrogen-bond donors (Lipinski definition) is 1. The predicted molar refractivity (Wildman–Crippen MR) is 94.3 cm³/mol. The summed E-state index contributed by atoms with van der Waals surface area (Å²) in [5, 5.41) is 1.07. The summed E-state index contributed by atoms with van der Waals surface area (Å²) in [6.45, 7) is 0.378. The molecule has 0 aliphatic heterocycles. The second kappa shape index (κ2) is 8.22. The quantitative estimate of drug-likeness (QED) is 0.737. The fourth-order valence-corrected chi connectivity index (χ4v) is 4.06. The van der Waals surface area contributed by atoms with Crippen molar-refractivity contribution in [3.8, 4) is 0 Å². The largest absolute Gasteiger partial charge is 0.240 e. The van der Waals surface area contributed by atoms with Crippen molar-refractivity contribution in [2.75, 3.05) is 12.3 Å². The molecular weight excluding hydrogens is 361 g/mol. The van der Waals surface area contributed by atoms with Crippen molar-refractivity contribution < 1.29 is 8.42 Å². The van der Waals surface area contributed by atoms with E-state index in [4.69, 9.17) is 23.2 Å². The van der Waals surface area contributed by atoms with Gasteiger partial charge >= 0.3 is 0 Å². The Balaban J connectivity index is 1.76. The zero-order valence-corrected chi connectivity index (χ0v) is 14.8. The van der Waals surface area contributed by atoms with Gasteiger partial charge in [-0.2, -0.15) is 11.8 Å². The molecule has 0 saturated carbocycles. The first kappa shape index (κ1) is 17.6. The van der Waals surface area contributed by atoms with E-state index in [0.29, 0.717) is 22.3 Å². The summed E-state index contributed by atoms with van der Waals surface area (Å²) in [6, 6.07) is 13.8. The van der Waals surface area contributed by atoms with Crippen LogP contribution in [0.25, 0.3) is 0 Å². The SMILES string of the molecule is O=S(=O)(NCCSCc1ccc(Cl)c(Cl)c1)c1ccccc1. The van der Waals surface area contributed by atoms with Gasteiger partial charge in [0, 0.05) is 18.1 Å². The van der Waals surface area contributed by atoms with Gasteiger partial charge in [0.05, 0.1) is 14.9 Å². The van der Waals surface area contributed by atoms with Crippen LogP contribution in [0.2, 0.25) is 10.0 Å². The molecule has 2 aromatic rings. The molecule has 0 fully saturated rings. The van der Waals surface area contributed by atoms with Crippen molar-refractivity contribution in [2.24, 2.45) is 0 Å². The Hall–Kier alpha value is -0.720. The maximum atomic E-state index is 12.0. The average Bonchev–Trinajstić information content (AvgIpc) is 2.51. The number of hydrogen-bond acceptors (Lipinski definition) is 3. The molecule has 0 aliphatic carbocycles. The maximum absolute atomic E-state index is 12.0. The number of benzene rings is 2. The van der Waals surface area contributed by atoms with Gasteiger partial charge in [0.25, 0.3) is 0 Å². The molecule has 0 amide bonds. The Morgan fingerprint density at radius 2 is 1.73 bits per heavy atom. The van der Waals surface area contributed by atoms with Crippen molar-refractivity contribution in [1.29, 1.82) is 0 Å². The van der Waals surface area contributed by atoms with E-state index in [1.54, 1.807) is 48.2 Å². The molecule has 1 N–H and O–H groups in total. The van der Waals surface area contributed by atoms with Crippen LogP contribution in [0.4, 0.5) is 0 Å². The summed E-state index contributed by atoms with van der Waals surface area (Å²) in [5.41, 5.74) is 1.06. The third-order valence-corrected chi connectivity index (χ3v) is 6.09. The summed E-state index contributed by atoms with van der Waals surface area (Å²) in [7, 11) is -3.42. The van der Waals surface area contributed by atoms with Crippen molar-refractivity contribution in [2.45, 2.75) is 10.6 Å². The lowest BCUT2D eigenvalue weighted by molar-refractivity contribution is 0.584. The molecule has 0 bridgehead atoms. The molecule has 2 aromatic carbocycles. The number of halogens is 2. The minimum absolute atomic E-state index is 0.282. The lowest BCUT2D eigenvalue weighted by Gasteiger charge is -2.07. The van der Waals surface area contributed by atoms with Gasteiger partial charge < -0.3 is 0 Å². The highest BCUT2D eigenvalue weighted by Crippen LogP contribution is 2.24. The summed E-state index contributed by atoms with van der Waals surface area (Å²) < 4.78 is 26.6. The van der Waals surface area contributed by atoms with Gasteiger partial charge in [-0.25, -0.2) is 13.1 Å². The molecule has 2 rings (SSSR count). The fraction of sp³-hybridized carbons (Fsp3) is 0.200. The highest BCUT2D eigenvalue weighted by atomic mass is 35.5. The molecule has 0 aliphatic rings.